The Balaban J connectivity index is 1.92. The van der Waals surface area contributed by atoms with Crippen LogP contribution >= 0.6 is 0 Å². The Morgan fingerprint density at radius 2 is 0.696 bits per heavy atom. The number of unbranched alkanes of at least 4 members (excludes halogenated alkanes) is 30. The van der Waals surface area contributed by atoms with Crippen molar-refractivity contribution < 1.29 is 5.11 Å². The zero-order valence-electron chi connectivity index (χ0n) is 31.8. The molecule has 0 spiro atoms. The lowest BCUT2D eigenvalue weighted by atomic mass is 10.0. The molecule has 1 unspecified atom stereocenters. The highest BCUT2D eigenvalue weighted by Crippen LogP contribution is 2.24. The van der Waals surface area contributed by atoms with Gasteiger partial charge in [-0.05, 0) is 30.5 Å². The molecule has 1 N–H and O–H groups in total. The minimum atomic E-state index is -0.314. The topological polar surface area (TPSA) is 23.5 Å². The summed E-state index contributed by atoms with van der Waals surface area (Å²) in [5, 5.41) is 10.7. The molecule has 2 nitrogen and oxygen atoms in total. The number of hydrogen-bond donors (Lipinski definition) is 1. The molecule has 0 aliphatic rings. The molecule has 0 amide bonds. The molecule has 1 atom stereocenters. The van der Waals surface area contributed by atoms with Gasteiger partial charge in [-0.25, -0.2) is 0 Å². The number of nitrogens with zero attached hydrogens (tertiary/aromatic N) is 1. The largest absolute Gasteiger partial charge is 0.388 e. The van der Waals surface area contributed by atoms with Gasteiger partial charge in [-0.1, -0.05) is 225 Å². The Morgan fingerprint density at radius 1 is 0.413 bits per heavy atom. The van der Waals surface area contributed by atoms with E-state index in [2.05, 4.69) is 50.1 Å². The van der Waals surface area contributed by atoms with Crippen molar-refractivity contribution in [2.24, 2.45) is 0 Å². The van der Waals surface area contributed by atoms with E-state index in [0.717, 1.165) is 24.9 Å². The molecule has 46 heavy (non-hydrogen) atoms. The molecule has 0 saturated carbocycles. The van der Waals surface area contributed by atoms with Crippen molar-refractivity contribution in [2.45, 2.75) is 232 Å². The smallest absolute Gasteiger partial charge is 0.0790 e. The van der Waals surface area contributed by atoms with Crippen LogP contribution in [0.4, 0.5) is 5.69 Å². The summed E-state index contributed by atoms with van der Waals surface area (Å²) in [7, 11) is 2.22. The zero-order chi connectivity index (χ0) is 33.2. The highest BCUT2D eigenvalue weighted by Gasteiger charge is 2.08. The molecule has 0 heterocycles. The molecule has 0 aliphatic carbocycles. The quantitative estimate of drug-likeness (QED) is 0.0737. The Morgan fingerprint density at radius 3 is 1.02 bits per heavy atom. The summed E-state index contributed by atoms with van der Waals surface area (Å²) in [5.41, 5.74) is 2.36. The van der Waals surface area contributed by atoms with Crippen LogP contribution in [0.15, 0.2) is 24.3 Å². The highest BCUT2D eigenvalue weighted by molar-refractivity contribution is 5.47. The third-order valence-corrected chi connectivity index (χ3v) is 10.4. The zero-order valence-corrected chi connectivity index (χ0v) is 31.8. The summed E-state index contributed by atoms with van der Waals surface area (Å²) in [5.74, 6) is 0. The maximum absolute atomic E-state index is 10.7. The number of aliphatic hydroxyl groups is 1. The second-order valence-corrected chi connectivity index (χ2v) is 14.9. The number of rotatable bonds is 36. The molecule has 1 rings (SSSR count). The predicted molar refractivity (Wildman–Crippen MR) is 208 cm³/mol. The third-order valence-electron chi connectivity index (χ3n) is 10.4. The van der Waals surface area contributed by atoms with Crippen molar-refractivity contribution in [2.75, 3.05) is 18.5 Å². The molecule has 0 bridgehead atoms. The Labute approximate surface area is 290 Å². The van der Waals surface area contributed by atoms with Crippen molar-refractivity contribution >= 4 is 5.69 Å². The van der Waals surface area contributed by atoms with E-state index < -0.39 is 0 Å². The summed E-state index contributed by atoms with van der Waals surface area (Å²) >= 11 is 0. The van der Waals surface area contributed by atoms with Gasteiger partial charge in [-0.3, -0.25) is 0 Å². The van der Waals surface area contributed by atoms with Gasteiger partial charge in [0.2, 0.25) is 0 Å². The molecule has 0 radical (unpaired) electrons. The fourth-order valence-electron chi connectivity index (χ4n) is 7.03. The van der Waals surface area contributed by atoms with Gasteiger partial charge in [-0.2, -0.15) is 0 Å². The fraction of sp³-hybridized carbons (Fsp3) is 0.864. The van der Waals surface area contributed by atoms with Crippen LogP contribution in [-0.4, -0.2) is 18.7 Å². The second-order valence-electron chi connectivity index (χ2n) is 14.9. The van der Waals surface area contributed by atoms with E-state index >= 15 is 0 Å². The molecular weight excluding hydrogens is 558 g/mol. The molecule has 1 aromatic carbocycles. The first-order chi connectivity index (χ1) is 22.7. The normalized spacial score (nSPS) is 12.2. The van der Waals surface area contributed by atoms with Crippen molar-refractivity contribution in [1.82, 2.24) is 0 Å². The van der Waals surface area contributed by atoms with Gasteiger partial charge in [0.1, 0.15) is 0 Å². The maximum atomic E-state index is 10.7. The van der Waals surface area contributed by atoms with Crippen molar-refractivity contribution in [1.29, 1.82) is 0 Å². The van der Waals surface area contributed by atoms with Crippen LogP contribution in [0.25, 0.3) is 0 Å². The Hall–Kier alpha value is -1.02. The minimum absolute atomic E-state index is 0.314. The molecule has 0 aliphatic heterocycles. The van der Waals surface area contributed by atoms with Gasteiger partial charge in [0.25, 0.3) is 0 Å². The van der Waals surface area contributed by atoms with Crippen LogP contribution in [0.3, 0.4) is 0 Å². The molecule has 2 heteroatoms. The maximum Gasteiger partial charge on any atom is 0.0790 e. The average molecular weight is 642 g/mol. The molecule has 1 aromatic rings. The monoisotopic (exact) mass is 642 g/mol. The summed E-state index contributed by atoms with van der Waals surface area (Å²) in [6.45, 7) is 5.72. The van der Waals surface area contributed by atoms with E-state index in [1.807, 2.05) is 0 Å². The lowest BCUT2D eigenvalue weighted by Crippen LogP contribution is -2.18. The third kappa shape index (κ3) is 27.0. The van der Waals surface area contributed by atoms with Gasteiger partial charge in [0.15, 0.2) is 0 Å². The lowest BCUT2D eigenvalue weighted by Gasteiger charge is -2.20. The number of hydrogen-bond acceptors (Lipinski definition) is 2. The van der Waals surface area contributed by atoms with Gasteiger partial charge in [-0.15, -0.1) is 0 Å². The number of aliphatic hydroxyl groups excluding tert-OH is 1. The van der Waals surface area contributed by atoms with Crippen LogP contribution in [0, 0.1) is 0 Å². The first-order valence-electron chi connectivity index (χ1n) is 21.2. The first kappa shape index (κ1) is 43.0. The van der Waals surface area contributed by atoms with Crippen LogP contribution in [0.2, 0.25) is 0 Å². The van der Waals surface area contributed by atoms with E-state index in [4.69, 9.17) is 0 Å². The van der Waals surface area contributed by atoms with E-state index in [0.29, 0.717) is 0 Å². The second kappa shape index (κ2) is 33.9. The lowest BCUT2D eigenvalue weighted by molar-refractivity contribution is 0.163. The fourth-order valence-corrected chi connectivity index (χ4v) is 7.03. The minimum Gasteiger partial charge on any atom is -0.388 e. The van der Waals surface area contributed by atoms with Crippen LogP contribution in [-0.2, 0) is 0 Å². The first-order valence-corrected chi connectivity index (χ1v) is 21.2. The van der Waals surface area contributed by atoms with Crippen LogP contribution < -0.4 is 4.90 Å². The molecule has 0 fully saturated rings. The summed E-state index contributed by atoms with van der Waals surface area (Å²) in [6, 6.07) is 8.71. The predicted octanol–water partition coefficient (Wildman–Crippen LogP) is 15.1. The number of benzene rings is 1. The van der Waals surface area contributed by atoms with Gasteiger partial charge < -0.3 is 10.0 Å². The van der Waals surface area contributed by atoms with Gasteiger partial charge in [0.05, 0.1) is 6.10 Å². The number of anilines is 1. The average Bonchev–Trinajstić information content (AvgIpc) is 3.07. The summed E-state index contributed by atoms with van der Waals surface area (Å²) in [4.78, 5) is 2.38. The molecular formula is C44H83NO. The molecule has 270 valence electrons. The van der Waals surface area contributed by atoms with Gasteiger partial charge >= 0.3 is 0 Å². The SMILES string of the molecule is CCCCCCCCCCCCCCCCCCC(O)c1ccc(N(C)CCCCCCCCCCCCCCCCCC)cc1. The Kier molecular flexibility index (Phi) is 31.7. The van der Waals surface area contributed by atoms with Gasteiger partial charge in [0, 0.05) is 19.3 Å². The molecule has 0 aromatic heterocycles. The van der Waals surface area contributed by atoms with Crippen LogP contribution in [0.5, 0.6) is 0 Å². The van der Waals surface area contributed by atoms with Crippen molar-refractivity contribution in [3.05, 3.63) is 29.8 Å². The Bertz CT molecular complexity index is 654. The summed E-state index contributed by atoms with van der Waals surface area (Å²) in [6.07, 6.45) is 45.6. The van der Waals surface area contributed by atoms with Crippen molar-refractivity contribution in [3.63, 3.8) is 0 Å². The molecule has 0 saturated heterocycles. The summed E-state index contributed by atoms with van der Waals surface area (Å²) < 4.78 is 0. The van der Waals surface area contributed by atoms with Crippen LogP contribution in [0.1, 0.15) is 237 Å². The highest BCUT2D eigenvalue weighted by atomic mass is 16.3. The standard InChI is InChI=1S/C44H83NO/c1-4-6-8-10-12-14-16-18-20-22-24-26-28-30-32-34-36-44(46)42-37-39-43(40-38-42)45(3)41-35-33-31-29-27-25-23-21-19-17-15-13-11-9-7-5-2/h37-40,44,46H,4-36,41H2,1-3H3. The van der Waals surface area contributed by atoms with E-state index in [9.17, 15) is 5.11 Å². The van der Waals surface area contributed by atoms with E-state index in [1.165, 1.54) is 205 Å². The van der Waals surface area contributed by atoms with E-state index in [1.54, 1.807) is 0 Å². The van der Waals surface area contributed by atoms with E-state index in [-0.39, 0.29) is 6.10 Å². The van der Waals surface area contributed by atoms with Crippen molar-refractivity contribution in [3.8, 4) is 0 Å².